The van der Waals surface area contributed by atoms with Gasteiger partial charge in [-0.25, -0.2) is 4.98 Å². The van der Waals surface area contributed by atoms with Gasteiger partial charge in [0.05, 0.1) is 5.02 Å². The highest BCUT2D eigenvalue weighted by Crippen LogP contribution is 2.19. The van der Waals surface area contributed by atoms with E-state index in [1.54, 1.807) is 6.20 Å². The average Bonchev–Trinajstić information content (AvgIpc) is 2.26. The summed E-state index contributed by atoms with van der Waals surface area (Å²) in [6, 6.07) is 1.94. The predicted molar refractivity (Wildman–Crippen MR) is 69.0 cm³/mol. The molecule has 0 unspecified atom stereocenters. The summed E-state index contributed by atoms with van der Waals surface area (Å²) >= 11 is 5.96. The van der Waals surface area contributed by atoms with Gasteiger partial charge in [0.2, 0.25) is 0 Å². The predicted octanol–water partition coefficient (Wildman–Crippen LogP) is 1.19. The van der Waals surface area contributed by atoms with E-state index in [1.165, 1.54) is 0 Å². The first-order valence-electron chi connectivity index (χ1n) is 5.25. The van der Waals surface area contributed by atoms with Crippen molar-refractivity contribution < 1.29 is 0 Å². The molecule has 1 heterocycles. The fourth-order valence-electron chi connectivity index (χ4n) is 1.30. The molecule has 90 valence electrons. The molecule has 0 aliphatic carbocycles. The Morgan fingerprint density at radius 3 is 2.56 bits per heavy atom. The topological polar surface area (TPSA) is 45.4 Å². The van der Waals surface area contributed by atoms with Crippen molar-refractivity contribution in [2.45, 2.75) is 6.54 Å². The molecule has 16 heavy (non-hydrogen) atoms. The monoisotopic (exact) mass is 242 g/mol. The van der Waals surface area contributed by atoms with Crippen molar-refractivity contribution in [1.29, 1.82) is 0 Å². The van der Waals surface area contributed by atoms with Crippen molar-refractivity contribution in [3.05, 3.63) is 22.8 Å². The average molecular weight is 243 g/mol. The Hall–Kier alpha value is -0.840. The maximum atomic E-state index is 5.96. The molecule has 5 heteroatoms. The number of aromatic nitrogens is 1. The van der Waals surface area contributed by atoms with Crippen molar-refractivity contribution in [2.24, 2.45) is 5.73 Å². The molecule has 0 saturated heterocycles. The van der Waals surface area contributed by atoms with Gasteiger partial charge in [0, 0.05) is 32.9 Å². The third kappa shape index (κ3) is 3.63. The second-order valence-corrected chi connectivity index (χ2v) is 4.47. The van der Waals surface area contributed by atoms with Crippen LogP contribution in [-0.2, 0) is 6.54 Å². The lowest BCUT2D eigenvalue weighted by Gasteiger charge is -2.21. The summed E-state index contributed by atoms with van der Waals surface area (Å²) < 4.78 is 0. The molecule has 1 rings (SSSR count). The number of likely N-dealkylation sites (N-methyl/N-ethyl adjacent to an activating group) is 2. The van der Waals surface area contributed by atoms with Crippen LogP contribution in [0.4, 0.5) is 5.82 Å². The molecule has 0 aromatic carbocycles. The summed E-state index contributed by atoms with van der Waals surface area (Å²) in [5, 5.41) is 0.632. The minimum absolute atomic E-state index is 0.440. The van der Waals surface area contributed by atoms with Crippen molar-refractivity contribution >= 4 is 17.4 Å². The summed E-state index contributed by atoms with van der Waals surface area (Å²) in [6.45, 7) is 2.35. The second kappa shape index (κ2) is 6.03. The normalized spacial score (nSPS) is 10.9. The van der Waals surface area contributed by atoms with Crippen molar-refractivity contribution in [3.63, 3.8) is 0 Å². The summed E-state index contributed by atoms with van der Waals surface area (Å²) in [5.74, 6) is 0.909. The standard InChI is InChI=1S/C11H19ClN4/c1-15(2)4-5-16(3)11-6-9(7-13)10(12)8-14-11/h6,8H,4-5,7,13H2,1-3H3. The van der Waals surface area contributed by atoms with Gasteiger partial charge in [0.15, 0.2) is 0 Å². The molecule has 1 aromatic heterocycles. The van der Waals surface area contributed by atoms with Gasteiger partial charge in [-0.2, -0.15) is 0 Å². The lowest BCUT2D eigenvalue weighted by Crippen LogP contribution is -2.29. The van der Waals surface area contributed by atoms with Gasteiger partial charge >= 0.3 is 0 Å². The first kappa shape index (κ1) is 13.2. The second-order valence-electron chi connectivity index (χ2n) is 4.06. The number of nitrogens with two attached hydrogens (primary N) is 1. The Morgan fingerprint density at radius 2 is 2.00 bits per heavy atom. The lowest BCUT2D eigenvalue weighted by atomic mass is 10.2. The van der Waals surface area contributed by atoms with Crippen LogP contribution in [0.5, 0.6) is 0 Å². The minimum atomic E-state index is 0.440. The third-order valence-corrected chi connectivity index (χ3v) is 2.75. The Bertz CT molecular complexity index is 341. The molecule has 0 atom stereocenters. The van der Waals surface area contributed by atoms with Crippen molar-refractivity contribution in [1.82, 2.24) is 9.88 Å². The van der Waals surface area contributed by atoms with E-state index >= 15 is 0 Å². The Morgan fingerprint density at radius 1 is 1.31 bits per heavy atom. The van der Waals surface area contributed by atoms with Gasteiger partial charge in [-0.1, -0.05) is 11.6 Å². The Labute approximate surface area is 102 Å². The van der Waals surface area contributed by atoms with Crippen LogP contribution < -0.4 is 10.6 Å². The highest BCUT2D eigenvalue weighted by atomic mass is 35.5. The van der Waals surface area contributed by atoms with Gasteiger partial charge in [0.25, 0.3) is 0 Å². The first-order chi connectivity index (χ1) is 7.54. The zero-order valence-corrected chi connectivity index (χ0v) is 10.8. The number of halogens is 1. The minimum Gasteiger partial charge on any atom is -0.358 e. The molecular formula is C11H19ClN4. The molecule has 0 radical (unpaired) electrons. The molecule has 0 spiro atoms. The van der Waals surface area contributed by atoms with E-state index in [-0.39, 0.29) is 0 Å². The van der Waals surface area contributed by atoms with E-state index in [0.29, 0.717) is 11.6 Å². The van der Waals surface area contributed by atoms with Gasteiger partial charge in [-0.3, -0.25) is 0 Å². The third-order valence-electron chi connectivity index (χ3n) is 2.41. The van der Waals surface area contributed by atoms with Crippen LogP contribution in [-0.4, -0.2) is 44.1 Å². The molecule has 1 aromatic rings. The van der Waals surface area contributed by atoms with Crippen LogP contribution >= 0.6 is 11.6 Å². The van der Waals surface area contributed by atoms with Crippen LogP contribution in [0.25, 0.3) is 0 Å². The molecule has 0 fully saturated rings. The molecular weight excluding hydrogens is 224 g/mol. The fourth-order valence-corrected chi connectivity index (χ4v) is 1.48. The number of pyridine rings is 1. The van der Waals surface area contributed by atoms with Gasteiger partial charge in [-0.15, -0.1) is 0 Å². The first-order valence-corrected chi connectivity index (χ1v) is 5.62. The number of rotatable bonds is 5. The van der Waals surface area contributed by atoms with Crippen LogP contribution in [0, 0.1) is 0 Å². The number of anilines is 1. The highest BCUT2D eigenvalue weighted by molar-refractivity contribution is 6.31. The van der Waals surface area contributed by atoms with E-state index in [0.717, 1.165) is 24.5 Å². The SMILES string of the molecule is CN(C)CCN(C)c1cc(CN)c(Cl)cn1. The van der Waals surface area contributed by atoms with E-state index in [1.807, 2.05) is 13.1 Å². The summed E-state index contributed by atoms with van der Waals surface area (Å²) in [7, 11) is 6.11. The summed E-state index contributed by atoms with van der Waals surface area (Å²) in [4.78, 5) is 8.51. The molecule has 0 amide bonds. The zero-order valence-electron chi connectivity index (χ0n) is 10.1. The Kier molecular flexibility index (Phi) is 4.99. The van der Waals surface area contributed by atoms with Crippen LogP contribution in [0.1, 0.15) is 5.56 Å². The highest BCUT2D eigenvalue weighted by Gasteiger charge is 2.06. The van der Waals surface area contributed by atoms with E-state index < -0.39 is 0 Å². The molecule has 0 aliphatic rings. The summed E-state index contributed by atoms with van der Waals surface area (Å²) in [6.07, 6.45) is 1.66. The molecule has 2 N–H and O–H groups in total. The maximum Gasteiger partial charge on any atom is 0.128 e. The van der Waals surface area contributed by atoms with Crippen LogP contribution in [0.15, 0.2) is 12.3 Å². The smallest absolute Gasteiger partial charge is 0.128 e. The fraction of sp³-hybridized carbons (Fsp3) is 0.545. The van der Waals surface area contributed by atoms with E-state index in [2.05, 4.69) is 28.9 Å². The zero-order chi connectivity index (χ0) is 12.1. The molecule has 0 aliphatic heterocycles. The van der Waals surface area contributed by atoms with Gasteiger partial charge in [0.1, 0.15) is 5.82 Å². The molecule has 0 bridgehead atoms. The Balaban J connectivity index is 2.72. The lowest BCUT2D eigenvalue weighted by molar-refractivity contribution is 0.416. The number of hydrogen-bond acceptors (Lipinski definition) is 4. The largest absolute Gasteiger partial charge is 0.358 e. The molecule has 4 nitrogen and oxygen atoms in total. The van der Waals surface area contributed by atoms with E-state index in [4.69, 9.17) is 17.3 Å². The summed E-state index contributed by atoms with van der Waals surface area (Å²) in [5.41, 5.74) is 6.54. The molecule has 0 saturated carbocycles. The maximum absolute atomic E-state index is 5.96. The van der Waals surface area contributed by atoms with Gasteiger partial charge in [-0.05, 0) is 25.7 Å². The van der Waals surface area contributed by atoms with E-state index in [9.17, 15) is 0 Å². The number of nitrogens with zero attached hydrogens (tertiary/aromatic N) is 3. The van der Waals surface area contributed by atoms with Crippen LogP contribution in [0.2, 0.25) is 5.02 Å². The van der Waals surface area contributed by atoms with Crippen molar-refractivity contribution in [3.8, 4) is 0 Å². The number of hydrogen-bond donors (Lipinski definition) is 1. The van der Waals surface area contributed by atoms with Crippen molar-refractivity contribution in [2.75, 3.05) is 39.1 Å². The van der Waals surface area contributed by atoms with Gasteiger partial charge < -0.3 is 15.5 Å². The van der Waals surface area contributed by atoms with Crippen LogP contribution in [0.3, 0.4) is 0 Å². The quantitative estimate of drug-likeness (QED) is 0.843.